The largest absolute Gasteiger partial charge is 0.464 e. The lowest BCUT2D eigenvalue weighted by Crippen LogP contribution is -2.07. The van der Waals surface area contributed by atoms with E-state index in [0.29, 0.717) is 16.2 Å². The zero-order valence-corrected chi connectivity index (χ0v) is 13.9. The highest BCUT2D eigenvalue weighted by Gasteiger charge is 2.28. The number of nitrogens with zero attached hydrogens (tertiary/aromatic N) is 1. The summed E-state index contributed by atoms with van der Waals surface area (Å²) in [5.41, 5.74) is 3.49. The zero-order valence-electron chi connectivity index (χ0n) is 13.1. The van der Waals surface area contributed by atoms with Crippen LogP contribution in [0.2, 0.25) is 0 Å². The van der Waals surface area contributed by atoms with Crippen molar-refractivity contribution in [2.24, 2.45) is 0 Å². The molecule has 2 unspecified atom stereocenters. The minimum absolute atomic E-state index is 0.324. The number of nitrogens with one attached hydrogen (secondary N) is 1. The van der Waals surface area contributed by atoms with E-state index >= 15 is 0 Å². The van der Waals surface area contributed by atoms with E-state index in [-0.39, 0.29) is 5.97 Å². The minimum atomic E-state index is -0.380. The van der Waals surface area contributed by atoms with Crippen LogP contribution in [0.5, 0.6) is 0 Å². The van der Waals surface area contributed by atoms with Gasteiger partial charge in [0.2, 0.25) is 0 Å². The summed E-state index contributed by atoms with van der Waals surface area (Å²) in [5, 5.41) is 3.12. The molecule has 4 nitrogen and oxygen atoms in total. The van der Waals surface area contributed by atoms with Crippen molar-refractivity contribution in [1.29, 1.82) is 0 Å². The zero-order chi connectivity index (χ0) is 16.0. The second kappa shape index (κ2) is 5.57. The summed E-state index contributed by atoms with van der Waals surface area (Å²) in [7, 11) is 1.40. The molecule has 0 bridgehead atoms. The van der Waals surface area contributed by atoms with E-state index in [1.54, 1.807) is 0 Å². The second-order valence-corrected chi connectivity index (χ2v) is 7.64. The van der Waals surface area contributed by atoms with Crippen molar-refractivity contribution in [3.05, 3.63) is 41.7 Å². The van der Waals surface area contributed by atoms with Gasteiger partial charge in [0, 0.05) is 26.8 Å². The van der Waals surface area contributed by atoms with Crippen molar-refractivity contribution in [2.45, 2.75) is 30.3 Å². The van der Waals surface area contributed by atoms with E-state index in [2.05, 4.69) is 29.0 Å². The Labute approximate surface area is 138 Å². The first kappa shape index (κ1) is 14.6. The minimum Gasteiger partial charge on any atom is -0.464 e. The van der Waals surface area contributed by atoms with Crippen LogP contribution in [-0.4, -0.2) is 28.3 Å². The Morgan fingerprint density at radius 2 is 2.13 bits per heavy atom. The third-order valence-corrected chi connectivity index (χ3v) is 5.94. The van der Waals surface area contributed by atoms with Gasteiger partial charge in [0.25, 0.3) is 0 Å². The third kappa shape index (κ3) is 2.39. The molecule has 5 heteroatoms. The average molecular weight is 326 g/mol. The number of benzene rings is 1. The standard InChI is InChI=1S/C18H18N2O2S/c1-10-7-8-15(23-10)17-16-12(9-14(20-17)18(21)22-2)11-5-3-4-6-13(11)19-16/h3-6,9-10,15,19H,7-8H2,1-2H3. The number of fused-ring (bicyclic) bond motifs is 3. The normalized spacial score (nSPS) is 21.1. The number of hydrogen-bond donors (Lipinski definition) is 1. The number of carbonyl (C=O) groups excluding carboxylic acids is 1. The van der Waals surface area contributed by atoms with Gasteiger partial charge < -0.3 is 9.72 Å². The average Bonchev–Trinajstić information content (AvgIpc) is 3.16. The first-order valence-electron chi connectivity index (χ1n) is 7.82. The molecule has 0 saturated carbocycles. The molecule has 1 fully saturated rings. The molecule has 0 spiro atoms. The van der Waals surface area contributed by atoms with Crippen LogP contribution in [0.25, 0.3) is 21.8 Å². The Bertz CT molecular complexity index is 903. The number of thioether (sulfide) groups is 1. The molecular formula is C18H18N2O2S. The molecule has 1 aromatic carbocycles. The van der Waals surface area contributed by atoms with Crippen LogP contribution in [0.4, 0.5) is 0 Å². The predicted molar refractivity (Wildman–Crippen MR) is 94.0 cm³/mol. The molecule has 23 heavy (non-hydrogen) atoms. The summed E-state index contributed by atoms with van der Waals surface area (Å²) in [6.07, 6.45) is 2.27. The maximum Gasteiger partial charge on any atom is 0.356 e. The van der Waals surface area contributed by atoms with Crippen LogP contribution in [0.3, 0.4) is 0 Å². The number of para-hydroxylation sites is 1. The van der Waals surface area contributed by atoms with Gasteiger partial charge in [-0.25, -0.2) is 9.78 Å². The van der Waals surface area contributed by atoms with Gasteiger partial charge >= 0.3 is 5.97 Å². The van der Waals surface area contributed by atoms with Gasteiger partial charge in [-0.15, -0.1) is 11.8 Å². The van der Waals surface area contributed by atoms with Crippen LogP contribution in [-0.2, 0) is 4.74 Å². The molecule has 2 atom stereocenters. The van der Waals surface area contributed by atoms with Gasteiger partial charge in [0.1, 0.15) is 5.69 Å². The third-order valence-electron chi connectivity index (χ3n) is 4.46. The van der Waals surface area contributed by atoms with Crippen molar-refractivity contribution in [2.75, 3.05) is 7.11 Å². The molecule has 1 aliphatic heterocycles. The molecule has 0 amide bonds. The molecule has 1 aliphatic rings. The van der Waals surface area contributed by atoms with Crippen LogP contribution in [0.1, 0.15) is 41.2 Å². The van der Waals surface area contributed by atoms with Crippen molar-refractivity contribution < 1.29 is 9.53 Å². The topological polar surface area (TPSA) is 55.0 Å². The smallest absolute Gasteiger partial charge is 0.356 e. The van der Waals surface area contributed by atoms with Gasteiger partial charge in [-0.3, -0.25) is 0 Å². The molecule has 1 saturated heterocycles. The fraction of sp³-hybridized carbons (Fsp3) is 0.333. The molecule has 118 valence electrons. The number of pyridine rings is 1. The van der Waals surface area contributed by atoms with E-state index in [1.807, 2.05) is 30.0 Å². The lowest BCUT2D eigenvalue weighted by molar-refractivity contribution is 0.0594. The number of esters is 1. The SMILES string of the molecule is COC(=O)c1cc2c([nH]c3ccccc32)c(C2CCC(C)S2)n1. The van der Waals surface area contributed by atoms with E-state index in [0.717, 1.165) is 33.9 Å². The molecule has 3 heterocycles. The maximum absolute atomic E-state index is 12.0. The summed E-state index contributed by atoms with van der Waals surface area (Å²) in [4.78, 5) is 20.2. The first-order chi connectivity index (χ1) is 11.2. The molecule has 2 aromatic heterocycles. The van der Waals surface area contributed by atoms with Crippen molar-refractivity contribution in [1.82, 2.24) is 9.97 Å². The van der Waals surface area contributed by atoms with Gasteiger partial charge in [-0.05, 0) is 25.0 Å². The number of rotatable bonds is 2. The van der Waals surface area contributed by atoms with Crippen LogP contribution >= 0.6 is 11.8 Å². The van der Waals surface area contributed by atoms with E-state index in [1.165, 1.54) is 13.5 Å². The number of aromatic nitrogens is 2. The van der Waals surface area contributed by atoms with E-state index in [9.17, 15) is 4.79 Å². The summed E-state index contributed by atoms with van der Waals surface area (Å²) in [6.45, 7) is 2.25. The number of carbonyl (C=O) groups is 1. The van der Waals surface area contributed by atoms with Crippen LogP contribution < -0.4 is 0 Å². The van der Waals surface area contributed by atoms with Crippen LogP contribution in [0, 0.1) is 0 Å². The Kier molecular flexibility index (Phi) is 3.53. The van der Waals surface area contributed by atoms with Crippen molar-refractivity contribution in [3.63, 3.8) is 0 Å². The first-order valence-corrected chi connectivity index (χ1v) is 8.77. The molecule has 1 N–H and O–H groups in total. The Hall–Kier alpha value is -2.01. The highest BCUT2D eigenvalue weighted by molar-refractivity contribution is 8.00. The predicted octanol–water partition coefficient (Wildman–Crippen LogP) is 4.46. The van der Waals surface area contributed by atoms with Gasteiger partial charge in [-0.2, -0.15) is 0 Å². The number of H-pyrrole nitrogens is 1. The molecule has 0 radical (unpaired) electrons. The fourth-order valence-corrected chi connectivity index (χ4v) is 4.72. The van der Waals surface area contributed by atoms with Gasteiger partial charge in [0.15, 0.2) is 0 Å². The summed E-state index contributed by atoms with van der Waals surface area (Å²) >= 11 is 1.94. The maximum atomic E-state index is 12.0. The lowest BCUT2D eigenvalue weighted by atomic mass is 10.1. The number of hydrogen-bond acceptors (Lipinski definition) is 4. The van der Waals surface area contributed by atoms with Crippen LogP contribution in [0.15, 0.2) is 30.3 Å². The lowest BCUT2D eigenvalue weighted by Gasteiger charge is -2.12. The summed E-state index contributed by atoms with van der Waals surface area (Å²) < 4.78 is 4.89. The molecular weight excluding hydrogens is 308 g/mol. The quantitative estimate of drug-likeness (QED) is 0.706. The highest BCUT2D eigenvalue weighted by Crippen LogP contribution is 2.46. The molecule has 3 aromatic rings. The van der Waals surface area contributed by atoms with Crippen molar-refractivity contribution in [3.8, 4) is 0 Å². The monoisotopic (exact) mass is 326 g/mol. The molecule has 4 rings (SSSR count). The summed E-state index contributed by atoms with van der Waals surface area (Å²) in [5.74, 6) is -0.380. The molecule has 0 aliphatic carbocycles. The Balaban J connectivity index is 2.00. The number of ether oxygens (including phenoxy) is 1. The summed E-state index contributed by atoms with van der Waals surface area (Å²) in [6, 6.07) is 10.00. The highest BCUT2D eigenvalue weighted by atomic mass is 32.2. The van der Waals surface area contributed by atoms with Gasteiger partial charge in [-0.1, -0.05) is 25.1 Å². The number of aromatic amines is 1. The Morgan fingerprint density at radius 3 is 2.87 bits per heavy atom. The van der Waals surface area contributed by atoms with Gasteiger partial charge in [0.05, 0.1) is 18.3 Å². The van der Waals surface area contributed by atoms with E-state index in [4.69, 9.17) is 4.74 Å². The van der Waals surface area contributed by atoms with Crippen molar-refractivity contribution >= 4 is 39.5 Å². The number of methoxy groups -OCH3 is 1. The fourth-order valence-electron chi connectivity index (χ4n) is 3.32. The second-order valence-electron chi connectivity index (χ2n) is 5.99. The van der Waals surface area contributed by atoms with E-state index < -0.39 is 0 Å². The Morgan fingerprint density at radius 1 is 1.30 bits per heavy atom.